The van der Waals surface area contributed by atoms with E-state index in [1.807, 2.05) is 13.8 Å². The molecule has 4 nitrogen and oxygen atoms in total. The Kier molecular flexibility index (Phi) is 4.31. The number of halogens is 2. The van der Waals surface area contributed by atoms with E-state index in [9.17, 15) is 9.50 Å². The summed E-state index contributed by atoms with van der Waals surface area (Å²) in [5, 5.41) is 13.6. The van der Waals surface area contributed by atoms with Crippen molar-refractivity contribution < 1.29 is 14.0 Å². The van der Waals surface area contributed by atoms with Crippen LogP contribution in [0, 0.1) is 5.82 Å². The predicted octanol–water partition coefficient (Wildman–Crippen LogP) is 3.51. The SMILES string of the molecule is CCC(O)C(C)c1nc(-c2cc(F)ccc2Br)no1. The summed E-state index contributed by atoms with van der Waals surface area (Å²) in [6.45, 7) is 3.69. The van der Waals surface area contributed by atoms with Crippen LogP contribution >= 0.6 is 15.9 Å². The van der Waals surface area contributed by atoms with Gasteiger partial charge in [-0.2, -0.15) is 4.98 Å². The van der Waals surface area contributed by atoms with E-state index >= 15 is 0 Å². The van der Waals surface area contributed by atoms with Gasteiger partial charge in [0.25, 0.3) is 0 Å². The van der Waals surface area contributed by atoms with E-state index in [-0.39, 0.29) is 11.7 Å². The zero-order valence-corrected chi connectivity index (χ0v) is 12.2. The Morgan fingerprint density at radius 2 is 2.21 bits per heavy atom. The topological polar surface area (TPSA) is 59.2 Å². The summed E-state index contributed by atoms with van der Waals surface area (Å²) in [4.78, 5) is 4.22. The van der Waals surface area contributed by atoms with Gasteiger partial charge in [-0.25, -0.2) is 4.39 Å². The monoisotopic (exact) mass is 328 g/mol. The zero-order valence-electron chi connectivity index (χ0n) is 10.6. The number of aliphatic hydroxyl groups excluding tert-OH is 1. The first-order valence-corrected chi connectivity index (χ1v) is 6.79. The minimum atomic E-state index is -0.538. The van der Waals surface area contributed by atoms with Crippen molar-refractivity contribution >= 4 is 15.9 Å². The molecule has 0 aliphatic heterocycles. The Balaban J connectivity index is 2.33. The van der Waals surface area contributed by atoms with Gasteiger partial charge in [-0.1, -0.05) is 34.9 Å². The molecular weight excluding hydrogens is 315 g/mol. The number of benzene rings is 1. The van der Waals surface area contributed by atoms with Gasteiger partial charge in [-0.15, -0.1) is 0 Å². The Bertz CT molecular complexity index is 574. The van der Waals surface area contributed by atoms with Crippen LogP contribution in [0.3, 0.4) is 0 Å². The highest BCUT2D eigenvalue weighted by Crippen LogP contribution is 2.28. The van der Waals surface area contributed by atoms with Crippen LogP contribution in [0.25, 0.3) is 11.4 Å². The maximum absolute atomic E-state index is 13.2. The first-order valence-electron chi connectivity index (χ1n) is 6.00. The molecular formula is C13H14BrFN2O2. The first-order chi connectivity index (χ1) is 9.02. The van der Waals surface area contributed by atoms with Gasteiger partial charge in [-0.3, -0.25) is 0 Å². The molecule has 1 aromatic heterocycles. The van der Waals surface area contributed by atoms with Crippen LogP contribution in [0.15, 0.2) is 27.2 Å². The largest absolute Gasteiger partial charge is 0.392 e. The highest BCUT2D eigenvalue weighted by molar-refractivity contribution is 9.10. The lowest BCUT2D eigenvalue weighted by Gasteiger charge is -2.11. The summed E-state index contributed by atoms with van der Waals surface area (Å²) in [5.41, 5.74) is 0.521. The van der Waals surface area contributed by atoms with E-state index < -0.39 is 6.10 Å². The van der Waals surface area contributed by atoms with Crippen LogP contribution in [0.5, 0.6) is 0 Å². The van der Waals surface area contributed by atoms with Crippen molar-refractivity contribution in [1.82, 2.24) is 10.1 Å². The van der Waals surface area contributed by atoms with Gasteiger partial charge < -0.3 is 9.63 Å². The van der Waals surface area contributed by atoms with Crippen LogP contribution in [0.1, 0.15) is 32.1 Å². The van der Waals surface area contributed by atoms with E-state index in [0.29, 0.717) is 28.2 Å². The molecule has 0 radical (unpaired) electrons. The average molecular weight is 329 g/mol. The lowest BCUT2D eigenvalue weighted by atomic mass is 10.0. The quantitative estimate of drug-likeness (QED) is 0.932. The molecule has 0 aliphatic carbocycles. The van der Waals surface area contributed by atoms with E-state index in [1.54, 1.807) is 6.07 Å². The molecule has 0 saturated carbocycles. The number of hydrogen-bond donors (Lipinski definition) is 1. The summed E-state index contributed by atoms with van der Waals surface area (Å²) in [5.74, 6) is 0.0295. The van der Waals surface area contributed by atoms with Gasteiger partial charge in [0.1, 0.15) is 5.82 Å². The van der Waals surface area contributed by atoms with E-state index in [0.717, 1.165) is 0 Å². The molecule has 0 spiro atoms. The fourth-order valence-electron chi connectivity index (χ4n) is 1.72. The molecule has 0 bridgehead atoms. The van der Waals surface area contributed by atoms with Gasteiger partial charge in [0.2, 0.25) is 11.7 Å². The fourth-order valence-corrected chi connectivity index (χ4v) is 2.14. The van der Waals surface area contributed by atoms with Crippen molar-refractivity contribution in [3.8, 4) is 11.4 Å². The highest BCUT2D eigenvalue weighted by atomic mass is 79.9. The van der Waals surface area contributed by atoms with Gasteiger partial charge in [0.05, 0.1) is 12.0 Å². The minimum Gasteiger partial charge on any atom is -0.392 e. The molecule has 1 aromatic carbocycles. The summed E-state index contributed by atoms with van der Waals surface area (Å²) < 4.78 is 19.1. The molecule has 2 rings (SSSR count). The van der Waals surface area contributed by atoms with Crippen molar-refractivity contribution in [3.05, 3.63) is 34.4 Å². The Morgan fingerprint density at radius 3 is 2.89 bits per heavy atom. The van der Waals surface area contributed by atoms with Gasteiger partial charge >= 0.3 is 0 Å². The van der Waals surface area contributed by atoms with Gasteiger partial charge in [-0.05, 0) is 24.6 Å². The standard InChI is InChI=1S/C13H14BrFN2O2/c1-3-11(18)7(2)13-16-12(17-19-13)9-6-8(15)4-5-10(9)14/h4-7,11,18H,3H2,1-2H3. The smallest absolute Gasteiger partial charge is 0.232 e. The third-order valence-electron chi connectivity index (χ3n) is 3.00. The number of rotatable bonds is 4. The first kappa shape index (κ1) is 14.1. The van der Waals surface area contributed by atoms with Crippen LogP contribution < -0.4 is 0 Å². The number of aromatic nitrogens is 2. The Hall–Kier alpha value is -1.27. The van der Waals surface area contributed by atoms with Crippen LogP contribution in [-0.4, -0.2) is 21.4 Å². The van der Waals surface area contributed by atoms with Gasteiger partial charge in [0, 0.05) is 10.0 Å². The lowest BCUT2D eigenvalue weighted by Crippen LogP contribution is -2.14. The average Bonchev–Trinajstić information content (AvgIpc) is 2.89. The van der Waals surface area contributed by atoms with Crippen LogP contribution in [0.4, 0.5) is 4.39 Å². The van der Waals surface area contributed by atoms with Crippen molar-refractivity contribution in [2.75, 3.05) is 0 Å². The second-order valence-corrected chi connectivity index (χ2v) is 5.20. The molecule has 2 unspecified atom stereocenters. The van der Waals surface area contributed by atoms with Gasteiger partial charge in [0.15, 0.2) is 0 Å². The molecule has 6 heteroatoms. The lowest BCUT2D eigenvalue weighted by molar-refractivity contribution is 0.129. The maximum Gasteiger partial charge on any atom is 0.232 e. The molecule has 0 amide bonds. The summed E-state index contributed by atoms with van der Waals surface area (Å²) in [7, 11) is 0. The summed E-state index contributed by atoms with van der Waals surface area (Å²) in [6, 6.07) is 4.27. The van der Waals surface area contributed by atoms with Crippen molar-refractivity contribution in [3.63, 3.8) is 0 Å². The van der Waals surface area contributed by atoms with Crippen LogP contribution in [-0.2, 0) is 0 Å². The third-order valence-corrected chi connectivity index (χ3v) is 3.69. The van der Waals surface area contributed by atoms with Crippen molar-refractivity contribution in [1.29, 1.82) is 0 Å². The number of hydrogen-bond acceptors (Lipinski definition) is 4. The second kappa shape index (κ2) is 5.79. The molecule has 19 heavy (non-hydrogen) atoms. The van der Waals surface area contributed by atoms with Crippen molar-refractivity contribution in [2.24, 2.45) is 0 Å². The number of nitrogens with zero attached hydrogens (tertiary/aromatic N) is 2. The molecule has 1 heterocycles. The minimum absolute atomic E-state index is 0.251. The molecule has 0 aliphatic rings. The second-order valence-electron chi connectivity index (χ2n) is 4.34. The molecule has 2 atom stereocenters. The van der Waals surface area contributed by atoms with E-state index in [4.69, 9.17) is 4.52 Å². The van der Waals surface area contributed by atoms with E-state index in [1.165, 1.54) is 12.1 Å². The molecule has 2 aromatic rings. The van der Waals surface area contributed by atoms with Crippen LogP contribution in [0.2, 0.25) is 0 Å². The molecule has 102 valence electrons. The molecule has 0 fully saturated rings. The molecule has 1 N–H and O–H groups in total. The normalized spacial score (nSPS) is 14.4. The maximum atomic E-state index is 13.2. The summed E-state index contributed by atoms with van der Waals surface area (Å²) in [6.07, 6.45) is 0.0620. The zero-order chi connectivity index (χ0) is 14.0. The Labute approximate surface area is 118 Å². The number of aliphatic hydroxyl groups is 1. The third kappa shape index (κ3) is 3.01. The highest BCUT2D eigenvalue weighted by Gasteiger charge is 2.22. The summed E-state index contributed by atoms with van der Waals surface area (Å²) >= 11 is 3.32. The fraction of sp³-hybridized carbons (Fsp3) is 0.385. The predicted molar refractivity (Wildman–Crippen MR) is 72.1 cm³/mol. The van der Waals surface area contributed by atoms with E-state index in [2.05, 4.69) is 26.1 Å². The van der Waals surface area contributed by atoms with Crippen molar-refractivity contribution in [2.45, 2.75) is 32.3 Å². The Morgan fingerprint density at radius 1 is 1.47 bits per heavy atom. The molecule has 0 saturated heterocycles.